The average molecular weight is 300 g/mol. The van der Waals surface area contributed by atoms with E-state index in [1.807, 2.05) is 11.5 Å². The maximum atomic E-state index is 11.9. The number of thioether (sulfide) groups is 1. The third-order valence-corrected chi connectivity index (χ3v) is 4.16. The molecule has 0 aliphatic rings. The highest BCUT2D eigenvalue weighted by molar-refractivity contribution is 7.98. The molecule has 3 rings (SSSR count). The van der Waals surface area contributed by atoms with Crippen molar-refractivity contribution in [2.45, 2.75) is 25.3 Å². The van der Waals surface area contributed by atoms with E-state index in [1.165, 1.54) is 4.90 Å². The molecule has 21 heavy (non-hydrogen) atoms. The van der Waals surface area contributed by atoms with Crippen molar-refractivity contribution in [1.82, 2.24) is 19.5 Å². The fourth-order valence-corrected chi connectivity index (χ4v) is 2.74. The summed E-state index contributed by atoms with van der Waals surface area (Å²) in [7, 11) is 0. The molecule has 0 unspecified atom stereocenters. The number of hydrogen-bond donors (Lipinski definition) is 1. The van der Waals surface area contributed by atoms with Gasteiger partial charge in [0.15, 0.2) is 11.2 Å². The van der Waals surface area contributed by atoms with Crippen molar-refractivity contribution in [1.29, 1.82) is 0 Å². The van der Waals surface area contributed by atoms with E-state index in [2.05, 4.69) is 45.5 Å². The molecule has 1 N–H and O–H groups in total. The van der Waals surface area contributed by atoms with Gasteiger partial charge in [0.1, 0.15) is 11.6 Å². The van der Waals surface area contributed by atoms with Crippen LogP contribution in [-0.2, 0) is 6.54 Å². The average Bonchev–Trinajstić information content (AvgIpc) is 2.77. The molecule has 0 saturated heterocycles. The second-order valence-corrected chi connectivity index (χ2v) is 5.80. The molecule has 0 bridgehead atoms. The van der Waals surface area contributed by atoms with Gasteiger partial charge >= 0.3 is 0 Å². The normalized spacial score (nSPS) is 11.2. The van der Waals surface area contributed by atoms with Crippen molar-refractivity contribution in [3.63, 3.8) is 0 Å². The molecule has 0 fully saturated rings. The quantitative estimate of drug-likeness (QED) is 0.755. The van der Waals surface area contributed by atoms with Crippen LogP contribution < -0.4 is 5.56 Å². The maximum Gasteiger partial charge on any atom is 0.279 e. The lowest BCUT2D eigenvalue weighted by atomic mass is 10.2. The molecule has 5 nitrogen and oxygen atoms in total. The molecule has 2 aromatic heterocycles. The Bertz CT molecular complexity index is 848. The van der Waals surface area contributed by atoms with E-state index in [9.17, 15) is 4.79 Å². The van der Waals surface area contributed by atoms with E-state index in [1.54, 1.807) is 18.7 Å². The lowest BCUT2D eigenvalue weighted by molar-refractivity contribution is 0.774. The zero-order valence-corrected chi connectivity index (χ0v) is 13.0. The van der Waals surface area contributed by atoms with Crippen LogP contribution in [0.2, 0.25) is 0 Å². The highest BCUT2D eigenvalue weighted by Crippen LogP contribution is 2.17. The van der Waals surface area contributed by atoms with Crippen molar-refractivity contribution < 1.29 is 0 Å². The fraction of sp³-hybridized carbons (Fsp3) is 0.267. The minimum Gasteiger partial charge on any atom is -0.309 e. The summed E-state index contributed by atoms with van der Waals surface area (Å²) in [6.07, 6.45) is 2.06. The van der Waals surface area contributed by atoms with Crippen molar-refractivity contribution in [2.75, 3.05) is 6.26 Å². The fourth-order valence-electron chi connectivity index (χ4n) is 2.33. The monoisotopic (exact) mass is 300 g/mol. The summed E-state index contributed by atoms with van der Waals surface area (Å²) in [4.78, 5) is 24.6. The van der Waals surface area contributed by atoms with Gasteiger partial charge in [0.25, 0.3) is 5.56 Å². The molecule has 6 heteroatoms. The number of aromatic nitrogens is 4. The molecule has 0 spiro atoms. The number of aromatic amines is 1. The number of H-pyrrole nitrogens is 1. The molecule has 3 aromatic rings. The maximum absolute atomic E-state index is 11.9. The molecule has 0 saturated carbocycles. The Morgan fingerprint density at radius 2 is 1.90 bits per heavy atom. The third kappa shape index (κ3) is 2.58. The van der Waals surface area contributed by atoms with Crippen LogP contribution in [0.25, 0.3) is 11.2 Å². The number of aryl methyl sites for hydroxylation is 2. The zero-order valence-electron chi connectivity index (χ0n) is 12.2. The van der Waals surface area contributed by atoms with Crippen molar-refractivity contribution >= 4 is 22.9 Å². The third-order valence-electron chi connectivity index (χ3n) is 3.41. The van der Waals surface area contributed by atoms with Crippen LogP contribution in [-0.4, -0.2) is 25.8 Å². The molecule has 108 valence electrons. The Morgan fingerprint density at radius 1 is 1.19 bits per heavy atom. The Kier molecular flexibility index (Phi) is 3.55. The van der Waals surface area contributed by atoms with Gasteiger partial charge in [0.05, 0.1) is 6.54 Å². The standard InChI is InChI=1S/C15H16N4OS/c1-9-16-14-13(15(20)17-9)18-10(2)19(14)8-11-4-6-12(21-3)7-5-11/h4-7H,8H2,1-3H3,(H,16,17,20). The molecular weight excluding hydrogens is 284 g/mol. The lowest BCUT2D eigenvalue weighted by Crippen LogP contribution is -2.11. The summed E-state index contributed by atoms with van der Waals surface area (Å²) in [5.74, 6) is 1.40. The predicted molar refractivity (Wildman–Crippen MR) is 84.9 cm³/mol. The molecule has 0 aliphatic heterocycles. The van der Waals surface area contributed by atoms with Crippen molar-refractivity contribution in [3.8, 4) is 0 Å². The SMILES string of the molecule is CSc1ccc(Cn2c(C)nc3c(=O)[nH]c(C)nc32)cc1. The first-order valence-electron chi connectivity index (χ1n) is 6.65. The van der Waals surface area contributed by atoms with Crippen LogP contribution in [0.15, 0.2) is 34.0 Å². The summed E-state index contributed by atoms with van der Waals surface area (Å²) in [5.41, 5.74) is 2.02. The molecule has 0 radical (unpaired) electrons. The summed E-state index contributed by atoms with van der Waals surface area (Å²) >= 11 is 1.72. The number of benzene rings is 1. The number of rotatable bonds is 3. The van der Waals surface area contributed by atoms with Crippen molar-refractivity contribution in [3.05, 3.63) is 51.8 Å². The Labute approximate surface area is 126 Å². The number of nitrogens with one attached hydrogen (secondary N) is 1. The van der Waals surface area contributed by atoms with Crippen LogP contribution in [0.3, 0.4) is 0 Å². The van der Waals surface area contributed by atoms with Gasteiger partial charge in [-0.2, -0.15) is 0 Å². The molecule has 2 heterocycles. The number of nitrogens with zero attached hydrogens (tertiary/aromatic N) is 3. The van der Waals surface area contributed by atoms with Gasteiger partial charge in [-0.15, -0.1) is 11.8 Å². The number of imidazole rings is 1. The Morgan fingerprint density at radius 3 is 2.57 bits per heavy atom. The summed E-state index contributed by atoms with van der Waals surface area (Å²) in [6.45, 7) is 4.33. The largest absolute Gasteiger partial charge is 0.309 e. The van der Waals surface area contributed by atoms with E-state index in [-0.39, 0.29) is 5.56 Å². The molecular formula is C15H16N4OS. The first-order valence-corrected chi connectivity index (χ1v) is 7.87. The van der Waals surface area contributed by atoms with Gasteiger partial charge in [-0.25, -0.2) is 9.97 Å². The van der Waals surface area contributed by atoms with Crippen LogP contribution in [0.1, 0.15) is 17.2 Å². The Balaban J connectivity index is 2.07. The molecule has 1 aromatic carbocycles. The lowest BCUT2D eigenvalue weighted by Gasteiger charge is -2.07. The van der Waals surface area contributed by atoms with E-state index in [0.29, 0.717) is 23.5 Å². The van der Waals surface area contributed by atoms with Gasteiger partial charge in [0.2, 0.25) is 0 Å². The number of fused-ring (bicyclic) bond motifs is 1. The minimum atomic E-state index is -0.183. The van der Waals surface area contributed by atoms with Crippen LogP contribution in [0.4, 0.5) is 0 Å². The van der Waals surface area contributed by atoms with Gasteiger partial charge < -0.3 is 9.55 Å². The molecule has 0 atom stereocenters. The van der Waals surface area contributed by atoms with Gasteiger partial charge in [-0.05, 0) is 37.8 Å². The second-order valence-electron chi connectivity index (χ2n) is 4.92. The summed E-state index contributed by atoms with van der Waals surface area (Å²) in [6, 6.07) is 8.38. The first-order chi connectivity index (χ1) is 10.1. The van der Waals surface area contributed by atoms with Crippen LogP contribution >= 0.6 is 11.8 Å². The first kappa shape index (κ1) is 13.9. The number of hydrogen-bond acceptors (Lipinski definition) is 4. The predicted octanol–water partition coefficient (Wildman–Crippen LogP) is 2.51. The van der Waals surface area contributed by atoms with E-state index >= 15 is 0 Å². The molecule has 0 amide bonds. The minimum absolute atomic E-state index is 0.183. The van der Waals surface area contributed by atoms with Gasteiger partial charge in [0, 0.05) is 4.90 Å². The highest BCUT2D eigenvalue weighted by Gasteiger charge is 2.12. The second kappa shape index (κ2) is 5.37. The van der Waals surface area contributed by atoms with Gasteiger partial charge in [-0.3, -0.25) is 4.79 Å². The summed E-state index contributed by atoms with van der Waals surface area (Å²) < 4.78 is 1.98. The van der Waals surface area contributed by atoms with E-state index in [4.69, 9.17) is 0 Å². The van der Waals surface area contributed by atoms with E-state index in [0.717, 1.165) is 11.4 Å². The van der Waals surface area contributed by atoms with Crippen LogP contribution in [0, 0.1) is 13.8 Å². The molecule has 0 aliphatic carbocycles. The smallest absolute Gasteiger partial charge is 0.279 e. The van der Waals surface area contributed by atoms with E-state index < -0.39 is 0 Å². The Hall–Kier alpha value is -2.08. The topological polar surface area (TPSA) is 63.6 Å². The summed E-state index contributed by atoms with van der Waals surface area (Å²) in [5, 5.41) is 0. The van der Waals surface area contributed by atoms with Gasteiger partial charge in [-0.1, -0.05) is 12.1 Å². The van der Waals surface area contributed by atoms with Crippen LogP contribution in [0.5, 0.6) is 0 Å². The van der Waals surface area contributed by atoms with Crippen molar-refractivity contribution in [2.24, 2.45) is 0 Å². The zero-order chi connectivity index (χ0) is 15.0. The highest BCUT2D eigenvalue weighted by atomic mass is 32.2.